The zero-order valence-corrected chi connectivity index (χ0v) is 3.44. The number of hydrogen-bond donors (Lipinski definition) is 2. The zero-order chi connectivity index (χ0) is 4.24. The average Bonchev–Trinajstić information content (AvgIpc) is 1.72. The van der Waals surface area contributed by atoms with E-state index >= 15 is 0 Å². The molecule has 1 heterocycles. The van der Waals surface area contributed by atoms with Crippen LogP contribution in [-0.4, -0.2) is 12.8 Å². The second-order valence-corrected chi connectivity index (χ2v) is 1.12. The van der Waals surface area contributed by atoms with Crippen LogP contribution < -0.4 is 10.5 Å². The van der Waals surface area contributed by atoms with E-state index in [4.69, 9.17) is 0 Å². The van der Waals surface area contributed by atoms with E-state index in [0.29, 0.717) is 0 Å². The van der Waals surface area contributed by atoms with Gasteiger partial charge in [-0.15, -0.1) is 5.10 Å². The van der Waals surface area contributed by atoms with Gasteiger partial charge in [0.1, 0.15) is 0 Å². The molecule has 0 aliphatic carbocycles. The van der Waals surface area contributed by atoms with Crippen molar-refractivity contribution in [3.05, 3.63) is 12.2 Å². The van der Waals surface area contributed by atoms with Gasteiger partial charge in [-0.2, -0.15) is 5.43 Å². The van der Waals surface area contributed by atoms with Crippen molar-refractivity contribution in [1.82, 2.24) is 5.43 Å². The van der Waals surface area contributed by atoms with Crippen LogP contribution in [0.25, 0.3) is 0 Å². The molecule has 0 aromatic heterocycles. The van der Waals surface area contributed by atoms with Crippen LogP contribution in [0.5, 0.6) is 0 Å². The van der Waals surface area contributed by atoms with E-state index in [1.807, 2.05) is 18.4 Å². The lowest BCUT2D eigenvalue weighted by Gasteiger charge is -1.87. The van der Waals surface area contributed by atoms with Gasteiger partial charge >= 0.3 is 0 Å². The van der Waals surface area contributed by atoms with Crippen LogP contribution in [0.2, 0.25) is 0 Å². The van der Waals surface area contributed by atoms with Crippen molar-refractivity contribution in [3.8, 4) is 0 Å². The maximum absolute atomic E-state index is 2.89. The van der Waals surface area contributed by atoms with Crippen molar-refractivity contribution in [2.45, 2.75) is 0 Å². The second kappa shape index (κ2) is 1.60. The second-order valence-electron chi connectivity index (χ2n) is 1.12. The maximum Gasteiger partial charge on any atom is 0.190 e. The zero-order valence-electron chi connectivity index (χ0n) is 3.44. The molecule has 0 aromatic rings. The third kappa shape index (κ3) is 0.578. The van der Waals surface area contributed by atoms with Gasteiger partial charge in [0.05, 0.1) is 6.54 Å². The molecular formula is C4H7N2+. The molecule has 0 unspecified atom stereocenters. The van der Waals surface area contributed by atoms with Crippen LogP contribution in [0.15, 0.2) is 12.2 Å². The minimum Gasteiger partial charge on any atom is -0.197 e. The van der Waals surface area contributed by atoms with E-state index in [2.05, 4.69) is 10.5 Å². The SMILES string of the molecule is C1=CCN[NH+]=C1. The van der Waals surface area contributed by atoms with E-state index in [1.54, 1.807) is 0 Å². The molecule has 0 spiro atoms. The highest BCUT2D eigenvalue weighted by molar-refractivity contribution is 5.65. The molecule has 2 N–H and O–H groups in total. The molecule has 0 saturated carbocycles. The molecule has 0 aromatic carbocycles. The van der Waals surface area contributed by atoms with Gasteiger partial charge in [-0.05, 0) is 0 Å². The molecule has 0 atom stereocenters. The van der Waals surface area contributed by atoms with Crippen molar-refractivity contribution < 1.29 is 5.10 Å². The summed E-state index contributed by atoms with van der Waals surface area (Å²) in [6.07, 6.45) is 5.86. The standard InChI is InChI=1S/C4H6N2/c1-2-4-6-5-3-1/h1-3,6H,4H2/p+1. The summed E-state index contributed by atoms with van der Waals surface area (Å²) in [4.78, 5) is 0. The number of hydrazone groups is 1. The van der Waals surface area contributed by atoms with Crippen molar-refractivity contribution in [1.29, 1.82) is 0 Å². The van der Waals surface area contributed by atoms with E-state index in [0.717, 1.165) is 6.54 Å². The van der Waals surface area contributed by atoms with E-state index in [1.165, 1.54) is 0 Å². The molecule has 2 heteroatoms. The average molecular weight is 83.1 g/mol. The highest BCUT2D eigenvalue weighted by atomic mass is 15.3. The Kier molecular flexibility index (Phi) is 0.906. The Morgan fingerprint density at radius 3 is 2.83 bits per heavy atom. The summed E-state index contributed by atoms with van der Waals surface area (Å²) in [5.41, 5.74) is 2.89. The fourth-order valence-electron chi connectivity index (χ4n) is 0.361. The third-order valence-electron chi connectivity index (χ3n) is 0.638. The Hall–Kier alpha value is -0.790. The van der Waals surface area contributed by atoms with E-state index in [-0.39, 0.29) is 0 Å². The highest BCUT2D eigenvalue weighted by Gasteiger charge is 1.80. The third-order valence-corrected chi connectivity index (χ3v) is 0.638. The molecular weight excluding hydrogens is 76.1 g/mol. The van der Waals surface area contributed by atoms with Gasteiger partial charge in [0.25, 0.3) is 0 Å². The molecule has 0 bridgehead atoms. The first-order valence-electron chi connectivity index (χ1n) is 1.97. The van der Waals surface area contributed by atoms with Gasteiger partial charge in [0, 0.05) is 6.08 Å². The molecule has 32 valence electrons. The Morgan fingerprint density at radius 2 is 2.67 bits per heavy atom. The summed E-state index contributed by atoms with van der Waals surface area (Å²) in [5.74, 6) is 0. The first-order valence-corrected chi connectivity index (χ1v) is 1.97. The molecule has 6 heavy (non-hydrogen) atoms. The summed E-state index contributed by atoms with van der Waals surface area (Å²) in [6, 6.07) is 0. The molecule has 1 aliphatic rings. The lowest BCUT2D eigenvalue weighted by Crippen LogP contribution is -2.80. The van der Waals surface area contributed by atoms with E-state index in [9.17, 15) is 0 Å². The predicted molar refractivity (Wildman–Crippen MR) is 24.2 cm³/mol. The summed E-state index contributed by atoms with van der Waals surface area (Å²) in [7, 11) is 0. The van der Waals surface area contributed by atoms with Gasteiger partial charge in [0.2, 0.25) is 0 Å². The smallest absolute Gasteiger partial charge is 0.190 e. The number of allylic oxidation sites excluding steroid dienone is 1. The molecule has 0 fully saturated rings. The number of nitrogens with one attached hydrogen (secondary N) is 2. The first kappa shape index (κ1) is 3.40. The number of rotatable bonds is 0. The Balaban J connectivity index is 2.46. The highest BCUT2D eigenvalue weighted by Crippen LogP contribution is 1.59. The molecule has 1 rings (SSSR count). The van der Waals surface area contributed by atoms with Crippen LogP contribution in [0.1, 0.15) is 0 Å². The van der Waals surface area contributed by atoms with Crippen LogP contribution in [0, 0.1) is 0 Å². The normalized spacial score (nSPS) is 17.3. The van der Waals surface area contributed by atoms with Crippen LogP contribution in [-0.2, 0) is 0 Å². The van der Waals surface area contributed by atoms with Crippen LogP contribution in [0.3, 0.4) is 0 Å². The molecule has 0 saturated heterocycles. The minimum atomic E-state index is 0.927. The maximum atomic E-state index is 2.89. The lowest BCUT2D eigenvalue weighted by molar-refractivity contribution is -0.520. The predicted octanol–water partition coefficient (Wildman–Crippen LogP) is -1.79. The van der Waals surface area contributed by atoms with E-state index < -0.39 is 0 Å². The van der Waals surface area contributed by atoms with Crippen LogP contribution >= 0.6 is 0 Å². The fourth-order valence-corrected chi connectivity index (χ4v) is 0.361. The number of hydrogen-bond acceptors (Lipinski definition) is 1. The summed E-state index contributed by atoms with van der Waals surface area (Å²) in [6.45, 7) is 0.927. The van der Waals surface area contributed by atoms with Crippen molar-refractivity contribution in [2.24, 2.45) is 0 Å². The summed E-state index contributed by atoms with van der Waals surface area (Å²) in [5, 5.41) is 2.82. The van der Waals surface area contributed by atoms with Crippen molar-refractivity contribution in [3.63, 3.8) is 0 Å². The number of hydrazine groups is 1. The quantitative estimate of drug-likeness (QED) is 0.355. The molecule has 0 amide bonds. The van der Waals surface area contributed by atoms with Gasteiger partial charge in [-0.25, -0.2) is 0 Å². The van der Waals surface area contributed by atoms with Gasteiger partial charge in [-0.3, -0.25) is 0 Å². The molecule has 0 radical (unpaired) electrons. The first-order chi connectivity index (χ1) is 3.00. The summed E-state index contributed by atoms with van der Waals surface area (Å²) < 4.78 is 0. The Labute approximate surface area is 36.6 Å². The van der Waals surface area contributed by atoms with Gasteiger partial charge < -0.3 is 0 Å². The van der Waals surface area contributed by atoms with Crippen molar-refractivity contribution in [2.75, 3.05) is 6.54 Å². The largest absolute Gasteiger partial charge is 0.197 e. The molecule has 1 aliphatic heterocycles. The van der Waals surface area contributed by atoms with Gasteiger partial charge in [0.15, 0.2) is 6.21 Å². The van der Waals surface area contributed by atoms with Crippen molar-refractivity contribution >= 4 is 6.21 Å². The van der Waals surface area contributed by atoms with Crippen LogP contribution in [0.4, 0.5) is 0 Å². The fraction of sp³-hybridized carbons (Fsp3) is 0.250. The van der Waals surface area contributed by atoms with Gasteiger partial charge in [-0.1, -0.05) is 6.08 Å². The Morgan fingerprint density at radius 1 is 1.67 bits per heavy atom. The Bertz CT molecular complexity index is 71.5. The summed E-state index contributed by atoms with van der Waals surface area (Å²) >= 11 is 0. The monoisotopic (exact) mass is 83.1 g/mol. The topological polar surface area (TPSA) is 26.0 Å². The molecule has 2 nitrogen and oxygen atoms in total. The minimum absolute atomic E-state index is 0.927. The lowest BCUT2D eigenvalue weighted by atomic mass is 10.5.